The Bertz CT molecular complexity index is 617. The largest absolute Gasteiger partial charge is 0.353 e. The summed E-state index contributed by atoms with van der Waals surface area (Å²) in [7, 11) is 4.10. The molecule has 0 spiro atoms. The van der Waals surface area contributed by atoms with E-state index in [1.165, 1.54) is 11.1 Å². The monoisotopic (exact) mass is 299 g/mol. The number of anilines is 3. The van der Waals surface area contributed by atoms with Crippen molar-refractivity contribution in [3.8, 4) is 0 Å². The summed E-state index contributed by atoms with van der Waals surface area (Å²) in [5.41, 5.74) is 4.47. The number of para-hydroxylation sites is 1. The second kappa shape index (κ2) is 7.22. The Balaban J connectivity index is 2.16. The molecule has 0 amide bonds. The maximum Gasteiger partial charge on any atom is 0.224 e. The fourth-order valence-electron chi connectivity index (χ4n) is 2.24. The molecule has 22 heavy (non-hydrogen) atoms. The van der Waals surface area contributed by atoms with Crippen molar-refractivity contribution in [1.29, 1.82) is 0 Å². The van der Waals surface area contributed by atoms with Crippen molar-refractivity contribution >= 4 is 17.5 Å². The summed E-state index contributed by atoms with van der Waals surface area (Å²) < 4.78 is 0. The van der Waals surface area contributed by atoms with Crippen LogP contribution in [0.4, 0.5) is 17.5 Å². The van der Waals surface area contributed by atoms with Gasteiger partial charge in [-0.1, -0.05) is 18.2 Å². The fourth-order valence-corrected chi connectivity index (χ4v) is 2.24. The van der Waals surface area contributed by atoms with Crippen LogP contribution in [-0.2, 0) is 0 Å². The van der Waals surface area contributed by atoms with Gasteiger partial charge < -0.3 is 15.5 Å². The molecule has 0 radical (unpaired) electrons. The van der Waals surface area contributed by atoms with Crippen LogP contribution < -0.4 is 10.6 Å². The van der Waals surface area contributed by atoms with E-state index in [4.69, 9.17) is 0 Å². The van der Waals surface area contributed by atoms with Crippen LogP contribution in [0, 0.1) is 20.8 Å². The van der Waals surface area contributed by atoms with Crippen LogP contribution in [0.3, 0.4) is 0 Å². The van der Waals surface area contributed by atoms with Gasteiger partial charge in [-0.2, -0.15) is 4.98 Å². The van der Waals surface area contributed by atoms with Crippen molar-refractivity contribution in [2.24, 2.45) is 0 Å². The van der Waals surface area contributed by atoms with E-state index in [2.05, 4.69) is 57.5 Å². The first-order chi connectivity index (χ1) is 10.5. The van der Waals surface area contributed by atoms with Crippen molar-refractivity contribution in [2.75, 3.05) is 37.8 Å². The first kappa shape index (κ1) is 16.2. The maximum atomic E-state index is 4.56. The van der Waals surface area contributed by atoms with E-state index in [0.29, 0.717) is 5.95 Å². The number of benzene rings is 1. The van der Waals surface area contributed by atoms with Gasteiger partial charge >= 0.3 is 0 Å². The number of hydrogen-bond acceptors (Lipinski definition) is 5. The second-order valence-electron chi connectivity index (χ2n) is 5.84. The molecule has 5 nitrogen and oxygen atoms in total. The summed E-state index contributed by atoms with van der Waals surface area (Å²) in [6.07, 6.45) is 0. The lowest BCUT2D eigenvalue weighted by molar-refractivity contribution is 0.425. The molecule has 0 bridgehead atoms. The molecule has 1 aromatic heterocycles. The summed E-state index contributed by atoms with van der Waals surface area (Å²) in [6, 6.07) is 8.22. The molecule has 0 aliphatic rings. The van der Waals surface area contributed by atoms with Crippen LogP contribution in [0.5, 0.6) is 0 Å². The number of nitrogens with zero attached hydrogens (tertiary/aromatic N) is 3. The quantitative estimate of drug-likeness (QED) is 0.858. The first-order valence-corrected chi connectivity index (χ1v) is 7.53. The minimum absolute atomic E-state index is 0.663. The molecule has 2 aromatic rings. The van der Waals surface area contributed by atoms with Gasteiger partial charge in [-0.25, -0.2) is 4.98 Å². The Labute approximate surface area is 132 Å². The highest BCUT2D eigenvalue weighted by Crippen LogP contribution is 2.24. The van der Waals surface area contributed by atoms with Gasteiger partial charge in [-0.15, -0.1) is 0 Å². The van der Waals surface area contributed by atoms with E-state index in [-0.39, 0.29) is 0 Å². The van der Waals surface area contributed by atoms with E-state index in [9.17, 15) is 0 Å². The summed E-state index contributed by atoms with van der Waals surface area (Å²) >= 11 is 0. The predicted molar refractivity (Wildman–Crippen MR) is 93.0 cm³/mol. The zero-order valence-corrected chi connectivity index (χ0v) is 14.1. The lowest BCUT2D eigenvalue weighted by Gasteiger charge is -2.14. The molecule has 1 heterocycles. The highest BCUT2D eigenvalue weighted by molar-refractivity contribution is 5.65. The number of likely N-dealkylation sites (N-methyl/N-ethyl adjacent to an activating group) is 1. The smallest absolute Gasteiger partial charge is 0.224 e. The van der Waals surface area contributed by atoms with E-state index in [1.807, 2.05) is 27.1 Å². The summed E-state index contributed by atoms with van der Waals surface area (Å²) in [4.78, 5) is 11.1. The van der Waals surface area contributed by atoms with E-state index >= 15 is 0 Å². The van der Waals surface area contributed by atoms with Gasteiger partial charge in [0.15, 0.2) is 0 Å². The maximum absolute atomic E-state index is 4.56. The van der Waals surface area contributed by atoms with Gasteiger partial charge in [0.05, 0.1) is 0 Å². The van der Waals surface area contributed by atoms with E-state index in [1.54, 1.807) is 0 Å². The standard InChI is InChI=1S/C17H25N5/c1-12-7-6-8-13(2)16(12)20-15-11-14(3)19-17(21-15)18-9-10-22(4)5/h6-8,11H,9-10H2,1-5H3,(H2,18,19,20,21). The molecule has 2 N–H and O–H groups in total. The molecule has 5 heteroatoms. The van der Waals surface area contributed by atoms with Crippen LogP contribution in [0.1, 0.15) is 16.8 Å². The van der Waals surface area contributed by atoms with E-state index < -0.39 is 0 Å². The van der Waals surface area contributed by atoms with Crippen LogP contribution in [-0.4, -0.2) is 42.1 Å². The van der Waals surface area contributed by atoms with Crippen molar-refractivity contribution in [1.82, 2.24) is 14.9 Å². The van der Waals surface area contributed by atoms with Gasteiger partial charge in [-0.3, -0.25) is 0 Å². The number of hydrogen-bond donors (Lipinski definition) is 2. The zero-order valence-electron chi connectivity index (χ0n) is 14.1. The first-order valence-electron chi connectivity index (χ1n) is 7.53. The van der Waals surface area contributed by atoms with Gasteiger partial charge in [0.2, 0.25) is 5.95 Å². The molecule has 0 saturated heterocycles. The predicted octanol–water partition coefficient (Wildman–Crippen LogP) is 3.12. The van der Waals surface area contributed by atoms with E-state index in [0.717, 1.165) is 30.3 Å². The lowest BCUT2D eigenvalue weighted by Crippen LogP contribution is -2.21. The number of aryl methyl sites for hydroxylation is 3. The number of nitrogens with one attached hydrogen (secondary N) is 2. The summed E-state index contributed by atoms with van der Waals surface area (Å²) in [6.45, 7) is 7.93. The molecule has 0 aliphatic carbocycles. The molecule has 2 rings (SSSR count). The number of aromatic nitrogens is 2. The Hall–Kier alpha value is -2.14. The third-order valence-electron chi connectivity index (χ3n) is 3.43. The summed E-state index contributed by atoms with van der Waals surface area (Å²) in [5.74, 6) is 1.48. The molecule has 0 fully saturated rings. The molecule has 0 unspecified atom stereocenters. The Morgan fingerprint density at radius 3 is 2.36 bits per heavy atom. The molecular weight excluding hydrogens is 274 g/mol. The third kappa shape index (κ3) is 4.43. The normalized spacial score (nSPS) is 10.8. The average Bonchev–Trinajstić information content (AvgIpc) is 2.42. The molecule has 0 atom stereocenters. The van der Waals surface area contributed by atoms with Crippen LogP contribution in [0.2, 0.25) is 0 Å². The Kier molecular flexibility index (Phi) is 5.33. The highest BCUT2D eigenvalue weighted by atomic mass is 15.2. The Morgan fingerprint density at radius 1 is 1.05 bits per heavy atom. The average molecular weight is 299 g/mol. The summed E-state index contributed by atoms with van der Waals surface area (Å²) in [5, 5.41) is 6.69. The minimum atomic E-state index is 0.663. The molecule has 0 saturated carbocycles. The van der Waals surface area contributed by atoms with Crippen molar-refractivity contribution in [3.05, 3.63) is 41.1 Å². The Morgan fingerprint density at radius 2 is 1.73 bits per heavy atom. The fraction of sp³-hybridized carbons (Fsp3) is 0.412. The minimum Gasteiger partial charge on any atom is -0.353 e. The SMILES string of the molecule is Cc1cc(Nc2c(C)cccc2C)nc(NCCN(C)C)n1. The van der Waals surface area contributed by atoms with Gasteiger partial charge in [-0.05, 0) is 46.0 Å². The third-order valence-corrected chi connectivity index (χ3v) is 3.43. The van der Waals surface area contributed by atoms with Crippen molar-refractivity contribution < 1.29 is 0 Å². The molecule has 118 valence electrons. The van der Waals surface area contributed by atoms with Crippen molar-refractivity contribution in [2.45, 2.75) is 20.8 Å². The molecule has 1 aromatic carbocycles. The topological polar surface area (TPSA) is 53.1 Å². The number of rotatable bonds is 6. The van der Waals surface area contributed by atoms with Crippen LogP contribution in [0.25, 0.3) is 0 Å². The van der Waals surface area contributed by atoms with Crippen LogP contribution >= 0.6 is 0 Å². The zero-order chi connectivity index (χ0) is 16.1. The van der Waals surface area contributed by atoms with Crippen molar-refractivity contribution in [3.63, 3.8) is 0 Å². The molecule has 0 aliphatic heterocycles. The second-order valence-corrected chi connectivity index (χ2v) is 5.84. The lowest BCUT2D eigenvalue weighted by atomic mass is 10.1. The molecular formula is C17H25N5. The van der Waals surface area contributed by atoms with Gasteiger partial charge in [0.25, 0.3) is 0 Å². The highest BCUT2D eigenvalue weighted by Gasteiger charge is 2.06. The van der Waals surface area contributed by atoms with Gasteiger partial charge in [0.1, 0.15) is 5.82 Å². The van der Waals surface area contributed by atoms with Gasteiger partial charge in [0, 0.05) is 30.5 Å². The van der Waals surface area contributed by atoms with Crippen LogP contribution in [0.15, 0.2) is 24.3 Å².